The molecule has 0 unspecified atom stereocenters. The zero-order chi connectivity index (χ0) is 15.3. The Morgan fingerprint density at radius 1 is 0.842 bits per heavy atom. The molecule has 19 heavy (non-hydrogen) atoms. The highest BCUT2D eigenvalue weighted by molar-refractivity contribution is 5.66. The molecule has 0 aliphatic carbocycles. The molecule has 0 fully saturated rings. The Kier molecular flexibility index (Phi) is 12.8. The highest BCUT2D eigenvalue weighted by atomic mass is 16.4. The summed E-state index contributed by atoms with van der Waals surface area (Å²) in [7, 11) is 0. The van der Waals surface area contributed by atoms with E-state index in [1.165, 1.54) is 25.7 Å². The molecule has 4 heteroatoms. The Hall–Kier alpha value is -1.06. The Balaban J connectivity index is 0. The molecule has 0 spiro atoms. The summed E-state index contributed by atoms with van der Waals surface area (Å²) in [6.45, 7) is 8.38. The van der Waals surface area contributed by atoms with Crippen molar-refractivity contribution in [1.82, 2.24) is 0 Å². The molecule has 0 saturated carbocycles. The summed E-state index contributed by atoms with van der Waals surface area (Å²) < 4.78 is 0. The number of unbranched alkanes of at least 4 members (excludes halogenated alkanes) is 4. The Bertz CT molecular complexity index is 241. The molecule has 0 rings (SSSR count). The van der Waals surface area contributed by atoms with Gasteiger partial charge in [-0.3, -0.25) is 9.59 Å². The molecule has 0 saturated heterocycles. The lowest BCUT2D eigenvalue weighted by molar-refractivity contribution is -0.137. The van der Waals surface area contributed by atoms with Crippen LogP contribution in [0, 0.1) is 5.41 Å². The molecule has 0 aliphatic heterocycles. The van der Waals surface area contributed by atoms with Crippen molar-refractivity contribution in [3.8, 4) is 0 Å². The van der Waals surface area contributed by atoms with E-state index in [0.717, 1.165) is 12.8 Å². The summed E-state index contributed by atoms with van der Waals surface area (Å²) >= 11 is 0. The zero-order valence-corrected chi connectivity index (χ0v) is 12.9. The van der Waals surface area contributed by atoms with Gasteiger partial charge < -0.3 is 10.2 Å². The van der Waals surface area contributed by atoms with Crippen molar-refractivity contribution in [3.63, 3.8) is 0 Å². The smallest absolute Gasteiger partial charge is 0.303 e. The Morgan fingerprint density at radius 2 is 1.26 bits per heavy atom. The van der Waals surface area contributed by atoms with Gasteiger partial charge in [0, 0.05) is 12.8 Å². The molecular formula is C15H30O4. The molecule has 0 bridgehead atoms. The van der Waals surface area contributed by atoms with Crippen LogP contribution in [0.15, 0.2) is 0 Å². The molecule has 0 aliphatic rings. The number of aliphatic carboxylic acids is 2. The Labute approximate surface area is 117 Å². The van der Waals surface area contributed by atoms with Crippen molar-refractivity contribution in [2.24, 2.45) is 5.41 Å². The third-order valence-electron chi connectivity index (χ3n) is 2.62. The highest BCUT2D eigenvalue weighted by Gasteiger charge is 2.08. The van der Waals surface area contributed by atoms with Crippen LogP contribution in [0.3, 0.4) is 0 Å². The normalized spacial score (nSPS) is 10.5. The lowest BCUT2D eigenvalue weighted by Crippen LogP contribution is -2.03. The number of carboxylic acid groups (broad SMARTS) is 2. The minimum atomic E-state index is -0.745. The van der Waals surface area contributed by atoms with Gasteiger partial charge in [0.2, 0.25) is 0 Å². The molecule has 0 heterocycles. The van der Waals surface area contributed by atoms with E-state index in [-0.39, 0.29) is 6.42 Å². The van der Waals surface area contributed by atoms with Gasteiger partial charge >= 0.3 is 11.9 Å². The van der Waals surface area contributed by atoms with Crippen LogP contribution in [0.5, 0.6) is 0 Å². The molecule has 0 atom stereocenters. The van der Waals surface area contributed by atoms with Gasteiger partial charge in [0.15, 0.2) is 0 Å². The minimum absolute atomic E-state index is 0.222. The third-order valence-corrected chi connectivity index (χ3v) is 2.62. The van der Waals surface area contributed by atoms with Gasteiger partial charge in [0.25, 0.3) is 0 Å². The average Bonchev–Trinajstić information content (AvgIpc) is 2.26. The predicted octanol–water partition coefficient (Wildman–Crippen LogP) is 4.33. The van der Waals surface area contributed by atoms with Crippen LogP contribution in [-0.4, -0.2) is 22.2 Å². The van der Waals surface area contributed by atoms with E-state index >= 15 is 0 Å². The van der Waals surface area contributed by atoms with Crippen molar-refractivity contribution >= 4 is 11.9 Å². The summed E-state index contributed by atoms with van der Waals surface area (Å²) in [4.78, 5) is 19.6. The molecular weight excluding hydrogens is 244 g/mol. The van der Waals surface area contributed by atoms with Gasteiger partial charge in [-0.2, -0.15) is 0 Å². The van der Waals surface area contributed by atoms with Gasteiger partial charge in [-0.05, 0) is 18.3 Å². The summed E-state index contributed by atoms with van der Waals surface area (Å²) in [6, 6.07) is 0. The van der Waals surface area contributed by atoms with E-state index in [1.54, 1.807) is 6.92 Å². The number of carbonyl (C=O) groups is 2. The van der Waals surface area contributed by atoms with E-state index in [0.29, 0.717) is 11.8 Å². The van der Waals surface area contributed by atoms with Crippen molar-refractivity contribution in [2.75, 3.05) is 0 Å². The van der Waals surface area contributed by atoms with Crippen LogP contribution in [0.1, 0.15) is 79.1 Å². The van der Waals surface area contributed by atoms with Crippen LogP contribution in [0.25, 0.3) is 0 Å². The SMILES string of the molecule is CC(C)(C)CCCCCCCC(=O)O.CCC(=O)O. The van der Waals surface area contributed by atoms with Gasteiger partial charge in [0.05, 0.1) is 0 Å². The van der Waals surface area contributed by atoms with Crippen molar-refractivity contribution in [2.45, 2.75) is 79.1 Å². The van der Waals surface area contributed by atoms with E-state index in [4.69, 9.17) is 10.2 Å². The predicted molar refractivity (Wildman–Crippen MR) is 77.3 cm³/mol. The molecule has 0 aromatic rings. The fraction of sp³-hybridized carbons (Fsp3) is 0.867. The zero-order valence-electron chi connectivity index (χ0n) is 12.9. The summed E-state index contributed by atoms with van der Waals surface area (Å²) in [5, 5.41) is 16.1. The summed E-state index contributed by atoms with van der Waals surface area (Å²) in [6.07, 6.45) is 7.43. The van der Waals surface area contributed by atoms with E-state index in [9.17, 15) is 9.59 Å². The second kappa shape index (κ2) is 12.0. The molecule has 2 N–H and O–H groups in total. The average molecular weight is 274 g/mol. The molecule has 0 aromatic heterocycles. The van der Waals surface area contributed by atoms with Crippen LogP contribution < -0.4 is 0 Å². The van der Waals surface area contributed by atoms with Gasteiger partial charge in [0.1, 0.15) is 0 Å². The fourth-order valence-corrected chi connectivity index (χ4v) is 1.46. The van der Waals surface area contributed by atoms with Crippen LogP contribution in [-0.2, 0) is 9.59 Å². The fourth-order valence-electron chi connectivity index (χ4n) is 1.46. The van der Waals surface area contributed by atoms with Crippen LogP contribution in [0.4, 0.5) is 0 Å². The minimum Gasteiger partial charge on any atom is -0.481 e. The van der Waals surface area contributed by atoms with E-state index < -0.39 is 11.9 Å². The number of carboxylic acids is 2. The molecule has 0 amide bonds. The molecule has 4 nitrogen and oxygen atoms in total. The standard InChI is InChI=1S/C12H24O2.C3H6O2/c1-12(2,3)10-8-6-4-5-7-9-11(13)14;1-2-3(4)5/h4-10H2,1-3H3,(H,13,14);2H2,1H3,(H,4,5). The van der Waals surface area contributed by atoms with Crippen molar-refractivity contribution in [1.29, 1.82) is 0 Å². The highest BCUT2D eigenvalue weighted by Crippen LogP contribution is 2.22. The van der Waals surface area contributed by atoms with E-state index in [1.807, 2.05) is 0 Å². The quantitative estimate of drug-likeness (QED) is 0.646. The third kappa shape index (κ3) is 26.5. The maximum absolute atomic E-state index is 10.2. The lowest BCUT2D eigenvalue weighted by Gasteiger charge is -2.17. The molecule has 0 aromatic carbocycles. The first kappa shape index (κ1) is 20.3. The van der Waals surface area contributed by atoms with Gasteiger partial charge in [-0.25, -0.2) is 0 Å². The van der Waals surface area contributed by atoms with Gasteiger partial charge in [-0.1, -0.05) is 53.4 Å². The first-order chi connectivity index (χ1) is 8.69. The molecule has 0 radical (unpaired) electrons. The van der Waals surface area contributed by atoms with Gasteiger partial charge in [-0.15, -0.1) is 0 Å². The molecule has 114 valence electrons. The maximum Gasteiger partial charge on any atom is 0.303 e. The maximum atomic E-state index is 10.2. The monoisotopic (exact) mass is 274 g/mol. The summed E-state index contributed by atoms with van der Waals surface area (Å²) in [5.74, 6) is -1.41. The lowest BCUT2D eigenvalue weighted by atomic mass is 9.89. The van der Waals surface area contributed by atoms with Crippen LogP contribution in [0.2, 0.25) is 0 Å². The Morgan fingerprint density at radius 3 is 1.63 bits per heavy atom. The first-order valence-corrected chi connectivity index (χ1v) is 7.12. The number of rotatable bonds is 8. The number of hydrogen-bond acceptors (Lipinski definition) is 2. The topological polar surface area (TPSA) is 74.6 Å². The number of hydrogen-bond donors (Lipinski definition) is 2. The van der Waals surface area contributed by atoms with Crippen molar-refractivity contribution in [3.05, 3.63) is 0 Å². The second-order valence-corrected chi connectivity index (χ2v) is 5.97. The second-order valence-electron chi connectivity index (χ2n) is 5.97. The van der Waals surface area contributed by atoms with Crippen molar-refractivity contribution < 1.29 is 19.8 Å². The largest absolute Gasteiger partial charge is 0.481 e. The summed E-state index contributed by atoms with van der Waals surface area (Å²) in [5.41, 5.74) is 0.446. The van der Waals surface area contributed by atoms with Crippen LogP contribution >= 0.6 is 0 Å². The van der Waals surface area contributed by atoms with E-state index in [2.05, 4.69) is 20.8 Å². The first-order valence-electron chi connectivity index (χ1n) is 7.12.